The summed E-state index contributed by atoms with van der Waals surface area (Å²) in [6.45, 7) is 2.38. The lowest BCUT2D eigenvalue weighted by Crippen LogP contribution is -2.37. The summed E-state index contributed by atoms with van der Waals surface area (Å²) in [4.78, 5) is 34.6. The number of amides is 1. The van der Waals surface area contributed by atoms with Gasteiger partial charge in [-0.25, -0.2) is 9.97 Å². The van der Waals surface area contributed by atoms with Gasteiger partial charge in [-0.3, -0.25) is 18.9 Å². The van der Waals surface area contributed by atoms with Gasteiger partial charge in [0.05, 0.1) is 12.8 Å². The van der Waals surface area contributed by atoms with E-state index in [9.17, 15) is 9.59 Å². The van der Waals surface area contributed by atoms with Crippen molar-refractivity contribution in [2.24, 2.45) is 0 Å². The monoisotopic (exact) mass is 317 g/mol. The van der Waals surface area contributed by atoms with Crippen LogP contribution < -0.4 is 5.32 Å². The molecule has 122 valence electrons. The molecule has 1 N–H and O–H groups in total. The average Bonchev–Trinajstić information content (AvgIpc) is 3.05. The second-order valence-corrected chi connectivity index (χ2v) is 5.72. The normalized spacial score (nSPS) is 21.5. The standard InChI is InChI=1S/C15H19N5O3/c1-9-12(20-6-4-5-16-15(20)17-9)13(21)18-10-7-11(14(22)23-3)19(2)8-10/h4-6,10-11H,7-8H2,1-3H3,(H,18,21)/t10-,11+/m1/s1. The number of fused-ring (bicyclic) bond motifs is 1. The zero-order valence-corrected chi connectivity index (χ0v) is 13.3. The third-order valence-corrected chi connectivity index (χ3v) is 4.15. The summed E-state index contributed by atoms with van der Waals surface area (Å²) in [5, 5.41) is 2.98. The number of likely N-dealkylation sites (tertiary alicyclic amines) is 1. The van der Waals surface area contributed by atoms with Crippen molar-refractivity contribution < 1.29 is 14.3 Å². The zero-order valence-electron chi connectivity index (χ0n) is 13.3. The van der Waals surface area contributed by atoms with Crippen LogP contribution in [0.1, 0.15) is 22.6 Å². The number of aromatic nitrogens is 3. The van der Waals surface area contributed by atoms with Crippen LogP contribution in [-0.4, -0.2) is 63.9 Å². The Bertz CT molecular complexity index is 757. The molecular formula is C15H19N5O3. The van der Waals surface area contributed by atoms with Gasteiger partial charge in [0.15, 0.2) is 0 Å². The number of likely N-dealkylation sites (N-methyl/N-ethyl adjacent to an activating group) is 1. The molecule has 3 rings (SSSR count). The quantitative estimate of drug-likeness (QED) is 0.803. The lowest BCUT2D eigenvalue weighted by atomic mass is 10.1. The van der Waals surface area contributed by atoms with Crippen molar-refractivity contribution in [3.05, 3.63) is 29.8 Å². The number of rotatable bonds is 3. The topological polar surface area (TPSA) is 88.8 Å². The first-order valence-electron chi connectivity index (χ1n) is 7.40. The molecule has 1 aliphatic rings. The predicted molar refractivity (Wildman–Crippen MR) is 82.0 cm³/mol. The molecule has 1 amide bonds. The Morgan fingerprint density at radius 1 is 1.43 bits per heavy atom. The number of ether oxygens (including phenoxy) is 1. The van der Waals surface area contributed by atoms with Crippen molar-refractivity contribution >= 4 is 17.7 Å². The van der Waals surface area contributed by atoms with Crippen molar-refractivity contribution in [1.29, 1.82) is 0 Å². The first-order chi connectivity index (χ1) is 11.0. The smallest absolute Gasteiger partial charge is 0.323 e. The number of esters is 1. The number of hydrogen-bond donors (Lipinski definition) is 1. The fourth-order valence-electron chi connectivity index (χ4n) is 3.04. The van der Waals surface area contributed by atoms with Crippen LogP contribution >= 0.6 is 0 Å². The van der Waals surface area contributed by atoms with Crippen LogP contribution in [-0.2, 0) is 9.53 Å². The van der Waals surface area contributed by atoms with E-state index in [2.05, 4.69) is 15.3 Å². The van der Waals surface area contributed by atoms with E-state index in [0.29, 0.717) is 30.1 Å². The van der Waals surface area contributed by atoms with Gasteiger partial charge >= 0.3 is 5.97 Å². The largest absolute Gasteiger partial charge is 0.468 e. The predicted octanol–water partition coefficient (Wildman–Crippen LogP) is 0.0132. The van der Waals surface area contributed by atoms with E-state index in [1.807, 2.05) is 11.9 Å². The van der Waals surface area contributed by atoms with Crippen LogP contribution in [0.4, 0.5) is 0 Å². The van der Waals surface area contributed by atoms with Gasteiger partial charge in [0.2, 0.25) is 5.78 Å². The number of aryl methyl sites for hydroxylation is 1. The minimum absolute atomic E-state index is 0.113. The van der Waals surface area contributed by atoms with Crippen LogP contribution in [0.25, 0.3) is 5.78 Å². The van der Waals surface area contributed by atoms with Crippen LogP contribution in [0, 0.1) is 6.92 Å². The summed E-state index contributed by atoms with van der Waals surface area (Å²) in [5.41, 5.74) is 1.09. The third kappa shape index (κ3) is 2.77. The summed E-state index contributed by atoms with van der Waals surface area (Å²) >= 11 is 0. The van der Waals surface area contributed by atoms with Gasteiger partial charge in [0, 0.05) is 25.0 Å². The molecule has 3 heterocycles. The fourth-order valence-corrected chi connectivity index (χ4v) is 3.04. The highest BCUT2D eigenvalue weighted by Gasteiger charge is 2.36. The maximum atomic E-state index is 12.6. The minimum Gasteiger partial charge on any atom is -0.468 e. The Morgan fingerprint density at radius 3 is 2.96 bits per heavy atom. The highest BCUT2D eigenvalue weighted by Crippen LogP contribution is 2.18. The van der Waals surface area contributed by atoms with Crippen molar-refractivity contribution in [3.8, 4) is 0 Å². The Kier molecular flexibility index (Phi) is 3.99. The van der Waals surface area contributed by atoms with Gasteiger partial charge < -0.3 is 10.1 Å². The number of carbonyl (C=O) groups excluding carboxylic acids is 2. The molecule has 0 aromatic carbocycles. The summed E-state index contributed by atoms with van der Waals surface area (Å²) in [7, 11) is 3.22. The average molecular weight is 317 g/mol. The number of hydrogen-bond acceptors (Lipinski definition) is 6. The molecule has 0 spiro atoms. The van der Waals surface area contributed by atoms with E-state index in [1.54, 1.807) is 29.8 Å². The number of methoxy groups -OCH3 is 1. The molecule has 0 bridgehead atoms. The zero-order chi connectivity index (χ0) is 16.6. The van der Waals surface area contributed by atoms with Gasteiger partial charge in [0.25, 0.3) is 5.91 Å². The molecule has 2 aromatic heterocycles. The lowest BCUT2D eigenvalue weighted by Gasteiger charge is -2.15. The Hall–Kier alpha value is -2.48. The Labute approximate surface area is 133 Å². The number of carbonyl (C=O) groups is 2. The van der Waals surface area contributed by atoms with Crippen molar-refractivity contribution in [2.45, 2.75) is 25.4 Å². The van der Waals surface area contributed by atoms with Crippen LogP contribution in [0.2, 0.25) is 0 Å². The molecule has 8 nitrogen and oxygen atoms in total. The highest BCUT2D eigenvalue weighted by atomic mass is 16.5. The highest BCUT2D eigenvalue weighted by molar-refractivity contribution is 5.94. The van der Waals surface area contributed by atoms with Crippen molar-refractivity contribution in [3.63, 3.8) is 0 Å². The van der Waals surface area contributed by atoms with E-state index in [4.69, 9.17) is 4.74 Å². The maximum absolute atomic E-state index is 12.6. The maximum Gasteiger partial charge on any atom is 0.323 e. The van der Waals surface area contributed by atoms with Crippen LogP contribution in [0.15, 0.2) is 18.5 Å². The fraction of sp³-hybridized carbons (Fsp3) is 0.467. The van der Waals surface area contributed by atoms with Crippen molar-refractivity contribution in [2.75, 3.05) is 20.7 Å². The summed E-state index contributed by atoms with van der Waals surface area (Å²) in [5.74, 6) is -0.00234. The van der Waals surface area contributed by atoms with Gasteiger partial charge in [-0.1, -0.05) is 0 Å². The van der Waals surface area contributed by atoms with Crippen LogP contribution in [0.5, 0.6) is 0 Å². The number of nitrogens with zero attached hydrogens (tertiary/aromatic N) is 4. The van der Waals surface area contributed by atoms with Crippen molar-refractivity contribution in [1.82, 2.24) is 24.6 Å². The second-order valence-electron chi connectivity index (χ2n) is 5.72. The first kappa shape index (κ1) is 15.4. The molecule has 23 heavy (non-hydrogen) atoms. The van der Waals surface area contributed by atoms with E-state index in [0.717, 1.165) is 0 Å². The molecular weight excluding hydrogens is 298 g/mol. The van der Waals surface area contributed by atoms with Gasteiger partial charge in [-0.15, -0.1) is 0 Å². The van der Waals surface area contributed by atoms with E-state index < -0.39 is 0 Å². The summed E-state index contributed by atoms with van der Waals surface area (Å²) in [6, 6.07) is 1.31. The van der Waals surface area contributed by atoms with Gasteiger partial charge in [0.1, 0.15) is 11.7 Å². The molecule has 0 radical (unpaired) electrons. The molecule has 1 fully saturated rings. The Balaban J connectivity index is 1.77. The SMILES string of the molecule is COC(=O)[C@@H]1C[C@@H](NC(=O)c2c(C)nc3ncccn23)CN1C. The minimum atomic E-state index is -0.324. The molecule has 0 saturated carbocycles. The molecule has 0 aliphatic carbocycles. The Morgan fingerprint density at radius 2 is 2.22 bits per heavy atom. The lowest BCUT2D eigenvalue weighted by molar-refractivity contribution is -0.145. The summed E-state index contributed by atoms with van der Waals surface area (Å²) in [6.07, 6.45) is 3.93. The number of imidazole rings is 1. The first-order valence-corrected chi connectivity index (χ1v) is 7.40. The third-order valence-electron chi connectivity index (χ3n) is 4.15. The second kappa shape index (κ2) is 5.96. The number of nitrogens with one attached hydrogen (secondary N) is 1. The molecule has 2 atom stereocenters. The molecule has 0 unspecified atom stereocenters. The van der Waals surface area contributed by atoms with Gasteiger partial charge in [-0.2, -0.15) is 0 Å². The van der Waals surface area contributed by atoms with Gasteiger partial charge in [-0.05, 0) is 26.5 Å². The molecule has 1 saturated heterocycles. The van der Waals surface area contributed by atoms with Crippen LogP contribution in [0.3, 0.4) is 0 Å². The van der Waals surface area contributed by atoms with E-state index in [1.165, 1.54) is 7.11 Å². The summed E-state index contributed by atoms with van der Waals surface area (Å²) < 4.78 is 6.46. The molecule has 2 aromatic rings. The molecule has 1 aliphatic heterocycles. The van der Waals surface area contributed by atoms with E-state index in [-0.39, 0.29) is 24.0 Å². The van der Waals surface area contributed by atoms with E-state index >= 15 is 0 Å². The molecule has 8 heteroatoms.